The highest BCUT2D eigenvalue weighted by Crippen LogP contribution is 2.16. The molecule has 4 heteroatoms. The number of nitrogens with zero attached hydrogens (tertiary/aromatic N) is 1. The molecular weight excluding hydrogens is 200 g/mol. The van der Waals surface area contributed by atoms with E-state index in [9.17, 15) is 0 Å². The van der Waals surface area contributed by atoms with E-state index in [4.69, 9.17) is 5.73 Å². The Kier molecular flexibility index (Phi) is 3.41. The SMILES string of the molecule is CC(CCN)CNc1ccc2nc[nH]c2c1. The van der Waals surface area contributed by atoms with E-state index >= 15 is 0 Å². The molecule has 1 heterocycles. The van der Waals surface area contributed by atoms with Crippen molar-refractivity contribution in [1.29, 1.82) is 0 Å². The van der Waals surface area contributed by atoms with E-state index < -0.39 is 0 Å². The van der Waals surface area contributed by atoms with Crippen LogP contribution in [0, 0.1) is 5.92 Å². The molecule has 0 aliphatic heterocycles. The molecule has 4 nitrogen and oxygen atoms in total. The van der Waals surface area contributed by atoms with E-state index in [0.29, 0.717) is 5.92 Å². The lowest BCUT2D eigenvalue weighted by atomic mass is 10.1. The summed E-state index contributed by atoms with van der Waals surface area (Å²) >= 11 is 0. The zero-order chi connectivity index (χ0) is 11.4. The van der Waals surface area contributed by atoms with E-state index in [-0.39, 0.29) is 0 Å². The van der Waals surface area contributed by atoms with Crippen LogP contribution in [0.4, 0.5) is 5.69 Å². The smallest absolute Gasteiger partial charge is 0.0931 e. The average molecular weight is 218 g/mol. The Morgan fingerprint density at radius 3 is 3.19 bits per heavy atom. The molecule has 0 saturated carbocycles. The number of rotatable bonds is 5. The normalized spacial score (nSPS) is 12.9. The van der Waals surface area contributed by atoms with Crippen LogP contribution in [0.15, 0.2) is 24.5 Å². The molecule has 0 saturated heterocycles. The van der Waals surface area contributed by atoms with Crippen molar-refractivity contribution in [2.24, 2.45) is 11.7 Å². The Bertz CT molecular complexity index is 449. The molecule has 4 N–H and O–H groups in total. The Hall–Kier alpha value is -1.55. The first-order chi connectivity index (χ1) is 7.79. The molecule has 0 amide bonds. The fourth-order valence-corrected chi connectivity index (χ4v) is 1.72. The van der Waals surface area contributed by atoms with Crippen LogP contribution < -0.4 is 11.1 Å². The molecule has 2 aromatic rings. The van der Waals surface area contributed by atoms with Crippen molar-refractivity contribution in [3.05, 3.63) is 24.5 Å². The Labute approximate surface area is 95.3 Å². The second-order valence-electron chi connectivity index (χ2n) is 4.20. The third-order valence-corrected chi connectivity index (χ3v) is 2.73. The van der Waals surface area contributed by atoms with Gasteiger partial charge in [-0.05, 0) is 37.1 Å². The first-order valence-electron chi connectivity index (χ1n) is 5.66. The quantitative estimate of drug-likeness (QED) is 0.718. The molecule has 0 spiro atoms. The summed E-state index contributed by atoms with van der Waals surface area (Å²) < 4.78 is 0. The number of aromatic amines is 1. The van der Waals surface area contributed by atoms with Gasteiger partial charge in [0.25, 0.3) is 0 Å². The summed E-state index contributed by atoms with van der Waals surface area (Å²) in [5.74, 6) is 0.600. The lowest BCUT2D eigenvalue weighted by Crippen LogP contribution is -2.15. The second kappa shape index (κ2) is 4.99. The number of anilines is 1. The molecule has 0 radical (unpaired) electrons. The zero-order valence-corrected chi connectivity index (χ0v) is 9.53. The molecule has 0 bridgehead atoms. The lowest BCUT2D eigenvalue weighted by molar-refractivity contribution is 0.568. The van der Waals surface area contributed by atoms with Crippen LogP contribution in [-0.4, -0.2) is 23.1 Å². The molecule has 2 rings (SSSR count). The lowest BCUT2D eigenvalue weighted by Gasteiger charge is -2.12. The van der Waals surface area contributed by atoms with Crippen LogP contribution in [0.3, 0.4) is 0 Å². The molecule has 0 aliphatic carbocycles. The molecule has 0 fully saturated rings. The molecule has 0 aliphatic rings. The summed E-state index contributed by atoms with van der Waals surface area (Å²) in [5, 5.41) is 3.41. The van der Waals surface area contributed by atoms with Crippen molar-refractivity contribution in [3.8, 4) is 0 Å². The number of hydrogen-bond acceptors (Lipinski definition) is 3. The van der Waals surface area contributed by atoms with Gasteiger partial charge in [-0.15, -0.1) is 0 Å². The summed E-state index contributed by atoms with van der Waals surface area (Å²) in [4.78, 5) is 7.29. The number of aromatic nitrogens is 2. The summed E-state index contributed by atoms with van der Waals surface area (Å²) in [5.41, 5.74) is 8.71. The first kappa shape index (κ1) is 11.0. The van der Waals surface area contributed by atoms with E-state index in [2.05, 4.69) is 34.3 Å². The van der Waals surface area contributed by atoms with Crippen LogP contribution in [0.1, 0.15) is 13.3 Å². The Balaban J connectivity index is 1.98. The molecular formula is C12H18N4. The van der Waals surface area contributed by atoms with Crippen molar-refractivity contribution < 1.29 is 0 Å². The van der Waals surface area contributed by atoms with Crippen molar-refractivity contribution in [2.75, 3.05) is 18.4 Å². The van der Waals surface area contributed by atoms with Crippen LogP contribution in [0.2, 0.25) is 0 Å². The van der Waals surface area contributed by atoms with E-state index in [1.165, 1.54) is 0 Å². The third kappa shape index (κ3) is 2.52. The maximum Gasteiger partial charge on any atom is 0.0931 e. The van der Waals surface area contributed by atoms with Gasteiger partial charge in [0.2, 0.25) is 0 Å². The van der Waals surface area contributed by atoms with Gasteiger partial charge in [0.15, 0.2) is 0 Å². The standard InChI is InChI=1S/C12H18N4/c1-9(4-5-13)7-14-10-2-3-11-12(6-10)16-8-15-11/h2-3,6,8-9,14H,4-5,7,13H2,1H3,(H,15,16). The summed E-state index contributed by atoms with van der Waals surface area (Å²) in [6.45, 7) is 3.91. The minimum atomic E-state index is 0.600. The Morgan fingerprint density at radius 1 is 1.50 bits per heavy atom. The highest BCUT2D eigenvalue weighted by molar-refractivity contribution is 5.78. The van der Waals surface area contributed by atoms with E-state index in [1.807, 2.05) is 6.07 Å². The number of imidazole rings is 1. The zero-order valence-electron chi connectivity index (χ0n) is 9.53. The van der Waals surface area contributed by atoms with Gasteiger partial charge >= 0.3 is 0 Å². The van der Waals surface area contributed by atoms with Crippen LogP contribution >= 0.6 is 0 Å². The van der Waals surface area contributed by atoms with E-state index in [0.717, 1.165) is 36.2 Å². The highest BCUT2D eigenvalue weighted by Gasteiger charge is 2.01. The Morgan fingerprint density at radius 2 is 2.38 bits per heavy atom. The van der Waals surface area contributed by atoms with Crippen molar-refractivity contribution >= 4 is 16.7 Å². The summed E-state index contributed by atoms with van der Waals surface area (Å²) in [7, 11) is 0. The minimum Gasteiger partial charge on any atom is -0.385 e. The van der Waals surface area contributed by atoms with Gasteiger partial charge in [0.1, 0.15) is 0 Å². The van der Waals surface area contributed by atoms with Crippen molar-refractivity contribution in [3.63, 3.8) is 0 Å². The third-order valence-electron chi connectivity index (χ3n) is 2.73. The van der Waals surface area contributed by atoms with Crippen LogP contribution in [0.5, 0.6) is 0 Å². The van der Waals surface area contributed by atoms with Gasteiger partial charge in [0.05, 0.1) is 17.4 Å². The molecule has 1 atom stereocenters. The van der Waals surface area contributed by atoms with Gasteiger partial charge in [-0.3, -0.25) is 0 Å². The second-order valence-corrected chi connectivity index (χ2v) is 4.20. The number of nitrogens with one attached hydrogen (secondary N) is 2. The molecule has 1 aromatic heterocycles. The maximum atomic E-state index is 5.52. The topological polar surface area (TPSA) is 66.7 Å². The maximum absolute atomic E-state index is 5.52. The number of hydrogen-bond donors (Lipinski definition) is 3. The van der Waals surface area contributed by atoms with Crippen LogP contribution in [0.25, 0.3) is 11.0 Å². The average Bonchev–Trinajstić information content (AvgIpc) is 2.74. The largest absolute Gasteiger partial charge is 0.385 e. The highest BCUT2D eigenvalue weighted by atomic mass is 14.9. The van der Waals surface area contributed by atoms with Gasteiger partial charge in [-0.25, -0.2) is 4.98 Å². The van der Waals surface area contributed by atoms with Crippen molar-refractivity contribution in [1.82, 2.24) is 9.97 Å². The van der Waals surface area contributed by atoms with Gasteiger partial charge in [-0.2, -0.15) is 0 Å². The number of H-pyrrole nitrogens is 1. The van der Waals surface area contributed by atoms with E-state index in [1.54, 1.807) is 6.33 Å². The molecule has 1 unspecified atom stereocenters. The number of benzene rings is 1. The summed E-state index contributed by atoms with van der Waals surface area (Å²) in [6, 6.07) is 6.15. The number of nitrogens with two attached hydrogens (primary N) is 1. The molecule has 16 heavy (non-hydrogen) atoms. The predicted octanol–water partition coefficient (Wildman–Crippen LogP) is 1.96. The van der Waals surface area contributed by atoms with Gasteiger partial charge in [-0.1, -0.05) is 6.92 Å². The van der Waals surface area contributed by atoms with Crippen molar-refractivity contribution in [2.45, 2.75) is 13.3 Å². The number of fused-ring (bicyclic) bond motifs is 1. The predicted molar refractivity (Wildman–Crippen MR) is 67.4 cm³/mol. The molecule has 1 aromatic carbocycles. The fraction of sp³-hybridized carbons (Fsp3) is 0.417. The first-order valence-corrected chi connectivity index (χ1v) is 5.66. The van der Waals surface area contributed by atoms with Gasteiger partial charge in [0, 0.05) is 12.2 Å². The van der Waals surface area contributed by atoms with Crippen LogP contribution in [-0.2, 0) is 0 Å². The molecule has 86 valence electrons. The summed E-state index contributed by atoms with van der Waals surface area (Å²) in [6.07, 6.45) is 2.77. The fourth-order valence-electron chi connectivity index (χ4n) is 1.72. The minimum absolute atomic E-state index is 0.600. The van der Waals surface area contributed by atoms with Gasteiger partial charge < -0.3 is 16.0 Å². The monoisotopic (exact) mass is 218 g/mol.